The van der Waals surface area contributed by atoms with Crippen molar-refractivity contribution < 1.29 is 0 Å². The van der Waals surface area contributed by atoms with Gasteiger partial charge < -0.3 is 9.88 Å². The molecule has 2 aliphatic rings. The molecule has 0 spiro atoms. The lowest BCUT2D eigenvalue weighted by Gasteiger charge is -2.46. The Morgan fingerprint density at radius 1 is 0.676 bits per heavy atom. The fourth-order valence-electron chi connectivity index (χ4n) is 6.66. The summed E-state index contributed by atoms with van der Waals surface area (Å²) in [6.07, 6.45) is 6.91. The van der Waals surface area contributed by atoms with Crippen LogP contribution in [0.4, 0.5) is 0 Å². The molecule has 0 unspecified atom stereocenters. The first-order valence-corrected chi connectivity index (χ1v) is 12.8. The number of benzene rings is 3. The zero-order chi connectivity index (χ0) is 23.0. The largest absolute Gasteiger partial charge is 0.326 e. The van der Waals surface area contributed by atoms with Gasteiger partial charge in [-0.1, -0.05) is 72.8 Å². The summed E-state index contributed by atoms with van der Waals surface area (Å²) in [4.78, 5) is 18.4. The van der Waals surface area contributed by atoms with Crippen molar-refractivity contribution in [2.24, 2.45) is 0 Å². The minimum atomic E-state index is 0.0350. The van der Waals surface area contributed by atoms with Crippen LogP contribution in [0, 0.1) is 0 Å². The highest BCUT2D eigenvalue weighted by Gasteiger charge is 2.40. The molecular weight excluding hydrogens is 418 g/mol. The van der Waals surface area contributed by atoms with E-state index in [1.807, 2.05) is 22.8 Å². The molecule has 0 bridgehead atoms. The number of hydrogen-bond donors (Lipinski definition) is 1. The molecule has 174 valence electrons. The summed E-state index contributed by atoms with van der Waals surface area (Å²) in [7, 11) is 0. The Balaban J connectivity index is 1.16. The van der Waals surface area contributed by atoms with Crippen LogP contribution in [0.1, 0.15) is 55.7 Å². The monoisotopic (exact) mass is 451 g/mol. The number of nitrogens with zero attached hydrogens (tertiary/aromatic N) is 2. The quantitative estimate of drug-likeness (QED) is 0.420. The number of aromatic amines is 1. The predicted molar refractivity (Wildman–Crippen MR) is 138 cm³/mol. The van der Waals surface area contributed by atoms with Gasteiger partial charge >= 0.3 is 5.69 Å². The number of para-hydroxylation sites is 2. The molecule has 1 saturated heterocycles. The van der Waals surface area contributed by atoms with E-state index in [0.717, 1.165) is 37.0 Å². The molecule has 1 aromatic heterocycles. The number of H-pyrrole nitrogens is 1. The third-order valence-electron chi connectivity index (χ3n) is 8.47. The number of aromatic nitrogens is 2. The average Bonchev–Trinajstić information content (AvgIpc) is 3.25. The predicted octanol–water partition coefficient (Wildman–Crippen LogP) is 5.90. The van der Waals surface area contributed by atoms with Crippen LogP contribution in [0.5, 0.6) is 0 Å². The number of imidazole rings is 1. The number of hydrogen-bond acceptors (Lipinski definition) is 2. The lowest BCUT2D eigenvalue weighted by Crippen LogP contribution is -2.46. The normalized spacial score (nSPS) is 20.0. The summed E-state index contributed by atoms with van der Waals surface area (Å²) >= 11 is 0. The first-order valence-electron chi connectivity index (χ1n) is 12.8. The molecule has 6 rings (SSSR count). The number of nitrogens with one attached hydrogen (secondary N) is 1. The molecule has 1 saturated carbocycles. The first kappa shape index (κ1) is 21.4. The van der Waals surface area contributed by atoms with Gasteiger partial charge in [0.25, 0.3) is 0 Å². The second-order valence-corrected chi connectivity index (χ2v) is 10.1. The topological polar surface area (TPSA) is 41.0 Å². The van der Waals surface area contributed by atoms with Crippen LogP contribution >= 0.6 is 0 Å². The SMILES string of the molecule is O=c1[nH]c2ccccc2n1C1CCN(C2CCC(c3ccccc3)(c3ccccc3)CC2)CC1. The molecule has 1 aliphatic carbocycles. The summed E-state index contributed by atoms with van der Waals surface area (Å²) in [5.74, 6) is 0. The Hall–Kier alpha value is -3.11. The van der Waals surface area contributed by atoms with E-state index in [2.05, 4.69) is 76.6 Å². The maximum Gasteiger partial charge on any atom is 0.326 e. The van der Waals surface area contributed by atoms with Gasteiger partial charge in [0.05, 0.1) is 11.0 Å². The van der Waals surface area contributed by atoms with Crippen molar-refractivity contribution in [3.05, 3.63) is 107 Å². The minimum absolute atomic E-state index is 0.0350. The van der Waals surface area contributed by atoms with E-state index in [9.17, 15) is 4.79 Å². The van der Waals surface area contributed by atoms with Crippen LogP contribution in [-0.2, 0) is 5.41 Å². The molecule has 2 fully saturated rings. The lowest BCUT2D eigenvalue weighted by molar-refractivity contribution is 0.0948. The van der Waals surface area contributed by atoms with Gasteiger partial charge in [-0.2, -0.15) is 0 Å². The molecule has 1 N–H and O–H groups in total. The second kappa shape index (κ2) is 8.92. The molecule has 4 aromatic rings. The summed E-state index contributed by atoms with van der Waals surface area (Å²) in [6, 6.07) is 31.2. The standard InChI is InChI=1S/C30H33N3O/c34-29-31-27-13-7-8-14-28(27)33(29)26-17-21-32(22-18-26)25-15-19-30(20-16-25,23-9-3-1-4-10-23)24-11-5-2-6-12-24/h1-14,25-26H,15-22H2,(H,31,34). The van der Waals surface area contributed by atoms with Gasteiger partial charge in [0.2, 0.25) is 0 Å². The van der Waals surface area contributed by atoms with Crippen LogP contribution in [0.15, 0.2) is 89.7 Å². The van der Waals surface area contributed by atoms with Crippen LogP contribution in [0.2, 0.25) is 0 Å². The maximum absolute atomic E-state index is 12.7. The Morgan fingerprint density at radius 3 is 1.85 bits per heavy atom. The Labute approximate surface area is 201 Å². The number of likely N-dealkylation sites (tertiary alicyclic amines) is 1. The second-order valence-electron chi connectivity index (χ2n) is 10.1. The summed E-state index contributed by atoms with van der Waals surface area (Å²) in [5, 5.41) is 0. The number of fused-ring (bicyclic) bond motifs is 1. The maximum atomic E-state index is 12.7. The van der Waals surface area contributed by atoms with E-state index < -0.39 is 0 Å². The molecule has 34 heavy (non-hydrogen) atoms. The van der Waals surface area contributed by atoms with Gasteiger partial charge in [0.15, 0.2) is 0 Å². The lowest BCUT2D eigenvalue weighted by atomic mass is 9.64. The van der Waals surface area contributed by atoms with Gasteiger partial charge in [0.1, 0.15) is 0 Å². The van der Waals surface area contributed by atoms with Crippen molar-refractivity contribution in [1.29, 1.82) is 0 Å². The van der Waals surface area contributed by atoms with Crippen molar-refractivity contribution in [2.75, 3.05) is 13.1 Å². The molecule has 4 heteroatoms. The summed E-state index contributed by atoms with van der Waals surface area (Å²) < 4.78 is 2.00. The Kier molecular flexibility index (Phi) is 5.62. The Bertz CT molecular complexity index is 1250. The van der Waals surface area contributed by atoms with Crippen molar-refractivity contribution in [2.45, 2.75) is 56.0 Å². The van der Waals surface area contributed by atoms with Crippen molar-refractivity contribution in [3.63, 3.8) is 0 Å². The van der Waals surface area contributed by atoms with Crippen LogP contribution in [-0.4, -0.2) is 33.6 Å². The third-order valence-corrected chi connectivity index (χ3v) is 8.47. The average molecular weight is 452 g/mol. The third kappa shape index (κ3) is 3.70. The minimum Gasteiger partial charge on any atom is -0.306 e. The van der Waals surface area contributed by atoms with Crippen molar-refractivity contribution in [3.8, 4) is 0 Å². The molecule has 3 aromatic carbocycles. The van der Waals surface area contributed by atoms with Crippen LogP contribution in [0.3, 0.4) is 0 Å². The van der Waals surface area contributed by atoms with E-state index in [-0.39, 0.29) is 17.1 Å². The highest BCUT2D eigenvalue weighted by atomic mass is 16.1. The molecule has 0 radical (unpaired) electrons. The highest BCUT2D eigenvalue weighted by Crippen LogP contribution is 2.46. The summed E-state index contributed by atoms with van der Waals surface area (Å²) in [5.41, 5.74) is 5.05. The molecule has 0 amide bonds. The zero-order valence-corrected chi connectivity index (χ0v) is 19.7. The number of rotatable bonds is 4. The van der Waals surface area contributed by atoms with Crippen LogP contribution in [0.25, 0.3) is 11.0 Å². The molecule has 1 aliphatic heterocycles. The van der Waals surface area contributed by atoms with Gasteiger partial charge in [0, 0.05) is 30.6 Å². The van der Waals surface area contributed by atoms with E-state index in [1.54, 1.807) is 0 Å². The summed E-state index contributed by atoms with van der Waals surface area (Å²) in [6.45, 7) is 2.15. The van der Waals surface area contributed by atoms with Gasteiger partial charge in [-0.05, 0) is 61.8 Å². The van der Waals surface area contributed by atoms with E-state index >= 15 is 0 Å². The van der Waals surface area contributed by atoms with E-state index in [4.69, 9.17) is 0 Å². The van der Waals surface area contributed by atoms with Gasteiger partial charge in [-0.15, -0.1) is 0 Å². The first-order chi connectivity index (χ1) is 16.7. The van der Waals surface area contributed by atoms with Crippen molar-refractivity contribution >= 4 is 11.0 Å². The van der Waals surface area contributed by atoms with E-state index in [1.165, 1.54) is 36.8 Å². The molecule has 0 atom stereocenters. The smallest absolute Gasteiger partial charge is 0.306 e. The fourth-order valence-corrected chi connectivity index (χ4v) is 6.66. The van der Waals surface area contributed by atoms with Crippen LogP contribution < -0.4 is 5.69 Å². The fraction of sp³-hybridized carbons (Fsp3) is 0.367. The molecular formula is C30H33N3O. The van der Waals surface area contributed by atoms with Crippen molar-refractivity contribution in [1.82, 2.24) is 14.5 Å². The van der Waals surface area contributed by atoms with Gasteiger partial charge in [-0.3, -0.25) is 4.57 Å². The van der Waals surface area contributed by atoms with Gasteiger partial charge in [-0.25, -0.2) is 4.79 Å². The number of piperidine rings is 1. The van der Waals surface area contributed by atoms with E-state index in [0.29, 0.717) is 6.04 Å². The highest BCUT2D eigenvalue weighted by molar-refractivity contribution is 5.75. The zero-order valence-electron chi connectivity index (χ0n) is 19.7. The Morgan fingerprint density at radius 2 is 1.24 bits per heavy atom. The molecule has 2 heterocycles. The molecule has 4 nitrogen and oxygen atoms in total.